The molecule has 4 bridgehead atoms. The number of amides is 3. The summed E-state index contributed by atoms with van der Waals surface area (Å²) in [4.78, 5) is 59.4. The van der Waals surface area contributed by atoms with Gasteiger partial charge in [-0.05, 0) is 55.7 Å². The van der Waals surface area contributed by atoms with Crippen LogP contribution >= 0.6 is 0 Å². The van der Waals surface area contributed by atoms with Gasteiger partial charge in [0.05, 0.1) is 24.4 Å². The van der Waals surface area contributed by atoms with Crippen molar-refractivity contribution in [3.05, 3.63) is 72.8 Å². The molecule has 0 spiro atoms. The van der Waals surface area contributed by atoms with Crippen LogP contribution in [0.5, 0.6) is 5.75 Å². The number of pyridine rings is 1. The van der Waals surface area contributed by atoms with Crippen molar-refractivity contribution in [3.8, 4) is 17.0 Å². The summed E-state index contributed by atoms with van der Waals surface area (Å²) < 4.78 is 12.1. The van der Waals surface area contributed by atoms with Crippen molar-refractivity contribution in [1.82, 2.24) is 20.5 Å². The number of carbonyl (C=O) groups is 4. The number of hydrogen-bond acceptors (Lipinski definition) is 7. The Bertz CT molecular complexity index is 1730. The van der Waals surface area contributed by atoms with Crippen molar-refractivity contribution in [1.29, 1.82) is 0 Å². The number of aryl methyl sites for hydroxylation is 1. The van der Waals surface area contributed by atoms with E-state index >= 15 is 0 Å². The third-order valence-electron chi connectivity index (χ3n) is 9.62. The molecule has 48 heavy (non-hydrogen) atoms. The molecule has 1 saturated carbocycles. The normalized spacial score (nSPS) is 26.2. The van der Waals surface area contributed by atoms with Crippen LogP contribution in [0.1, 0.15) is 51.5 Å². The first-order chi connectivity index (χ1) is 23.1. The Hall–Kier alpha value is -4.93. The second-order valence-electron chi connectivity index (χ2n) is 13.3. The summed E-state index contributed by atoms with van der Waals surface area (Å²) in [6.07, 6.45) is 3.78. The van der Waals surface area contributed by atoms with Gasteiger partial charge in [-0.3, -0.25) is 9.59 Å². The Morgan fingerprint density at radius 2 is 1.92 bits per heavy atom. The summed E-state index contributed by atoms with van der Waals surface area (Å²) in [6.45, 7) is 7.58. The molecule has 6 rings (SSSR count). The first kappa shape index (κ1) is 33.0. The summed E-state index contributed by atoms with van der Waals surface area (Å²) in [7, 11) is 0. The number of aromatic nitrogens is 1. The Labute approximate surface area is 279 Å². The topological polar surface area (TPSA) is 147 Å². The molecule has 5 atom stereocenters. The van der Waals surface area contributed by atoms with Gasteiger partial charge in [0.2, 0.25) is 11.8 Å². The number of aliphatic carboxylic acids is 1. The van der Waals surface area contributed by atoms with Gasteiger partial charge in [0.25, 0.3) is 0 Å². The average molecular weight is 655 g/mol. The highest BCUT2D eigenvalue weighted by Gasteiger charge is 2.61. The number of nitrogens with one attached hydrogen (secondary N) is 2. The van der Waals surface area contributed by atoms with Gasteiger partial charge in [0.15, 0.2) is 0 Å². The number of ether oxygens (including phenoxy) is 2. The van der Waals surface area contributed by atoms with Gasteiger partial charge in [-0.1, -0.05) is 56.3 Å². The molecule has 0 radical (unpaired) electrons. The Kier molecular flexibility index (Phi) is 9.39. The van der Waals surface area contributed by atoms with Crippen molar-refractivity contribution in [2.45, 2.75) is 76.1 Å². The van der Waals surface area contributed by atoms with Gasteiger partial charge in [0, 0.05) is 29.4 Å². The van der Waals surface area contributed by atoms with Crippen LogP contribution in [-0.2, 0) is 25.5 Å². The largest absolute Gasteiger partial charge is 0.488 e. The molecule has 3 amide bonds. The number of rotatable bonds is 6. The molecule has 2 aliphatic heterocycles. The maximum Gasteiger partial charge on any atom is 0.407 e. The molecule has 3 heterocycles. The number of alkyl carbamates (subject to hydrolysis) is 1. The molecular weight excluding hydrogens is 612 g/mol. The lowest BCUT2D eigenvalue weighted by atomic mass is 10.0. The molecule has 1 aliphatic carbocycles. The molecule has 2 fully saturated rings. The highest BCUT2D eigenvalue weighted by molar-refractivity contribution is 5.96. The number of carbonyl (C=O) groups excluding carboxylic acids is 3. The zero-order valence-corrected chi connectivity index (χ0v) is 27.3. The SMILES string of the molecule is C=C[C@H]1C[C@]1(NC(=O)[C@@H]1C[C@@H]2CN1C(=O)[C@H](C(C)C)NC(=O)OCCCCCc1ccc3nc(-c4ccccc4)cc(c3c1)O2)C(=O)O. The first-order valence-electron chi connectivity index (χ1n) is 16.7. The third kappa shape index (κ3) is 6.72. The number of nitrogens with zero attached hydrogens (tertiary/aromatic N) is 2. The van der Waals surface area contributed by atoms with E-state index in [-0.39, 0.29) is 31.9 Å². The number of hydrogen-bond donors (Lipinski definition) is 3. The van der Waals surface area contributed by atoms with E-state index in [1.54, 1.807) is 13.8 Å². The predicted octanol–water partition coefficient (Wildman–Crippen LogP) is 4.87. The molecule has 3 aliphatic rings. The maximum absolute atomic E-state index is 14.2. The minimum atomic E-state index is -1.47. The summed E-state index contributed by atoms with van der Waals surface area (Å²) in [5.41, 5.74) is 2.04. The van der Waals surface area contributed by atoms with E-state index in [9.17, 15) is 24.3 Å². The van der Waals surface area contributed by atoms with E-state index in [0.717, 1.165) is 47.0 Å². The molecule has 3 N–H and O–H groups in total. The van der Waals surface area contributed by atoms with Gasteiger partial charge in [-0.15, -0.1) is 6.58 Å². The van der Waals surface area contributed by atoms with E-state index in [0.29, 0.717) is 12.2 Å². The van der Waals surface area contributed by atoms with Crippen LogP contribution in [0.2, 0.25) is 0 Å². The van der Waals surface area contributed by atoms with Crippen LogP contribution < -0.4 is 15.4 Å². The quantitative estimate of drug-likeness (QED) is 0.319. The molecule has 2 aromatic carbocycles. The van der Waals surface area contributed by atoms with E-state index in [1.807, 2.05) is 42.5 Å². The molecule has 252 valence electrons. The van der Waals surface area contributed by atoms with Gasteiger partial charge in [-0.2, -0.15) is 0 Å². The van der Waals surface area contributed by atoms with Crippen LogP contribution in [0.3, 0.4) is 0 Å². The van der Waals surface area contributed by atoms with E-state index < -0.39 is 53.5 Å². The molecule has 1 aromatic heterocycles. The predicted molar refractivity (Wildman–Crippen MR) is 179 cm³/mol. The third-order valence-corrected chi connectivity index (χ3v) is 9.62. The number of benzene rings is 2. The maximum atomic E-state index is 14.2. The summed E-state index contributed by atoms with van der Waals surface area (Å²) >= 11 is 0. The highest BCUT2D eigenvalue weighted by atomic mass is 16.5. The molecule has 3 aromatic rings. The van der Waals surface area contributed by atoms with Gasteiger partial charge >= 0.3 is 12.1 Å². The lowest BCUT2D eigenvalue weighted by Crippen LogP contribution is -2.57. The van der Waals surface area contributed by atoms with Crippen molar-refractivity contribution >= 4 is 34.8 Å². The molecule has 11 nitrogen and oxygen atoms in total. The average Bonchev–Trinajstić information content (AvgIpc) is 3.64. The van der Waals surface area contributed by atoms with Gasteiger partial charge < -0.3 is 30.1 Å². The van der Waals surface area contributed by atoms with E-state index in [2.05, 4.69) is 29.3 Å². The number of cyclic esters (lactones) is 1. The number of fused-ring (bicyclic) bond motifs is 3. The van der Waals surface area contributed by atoms with Crippen LogP contribution in [0.4, 0.5) is 4.79 Å². The van der Waals surface area contributed by atoms with Crippen molar-refractivity contribution < 1.29 is 33.8 Å². The van der Waals surface area contributed by atoms with Crippen LogP contribution in [-0.4, -0.2) is 75.7 Å². The van der Waals surface area contributed by atoms with Crippen LogP contribution in [0, 0.1) is 11.8 Å². The lowest BCUT2D eigenvalue weighted by Gasteiger charge is -2.30. The zero-order chi connectivity index (χ0) is 34.0. The van der Waals surface area contributed by atoms with Crippen molar-refractivity contribution in [2.24, 2.45) is 11.8 Å². The molecule has 11 heteroatoms. The Balaban J connectivity index is 1.39. The highest BCUT2D eigenvalue weighted by Crippen LogP contribution is 2.45. The Morgan fingerprint density at radius 1 is 1.12 bits per heavy atom. The summed E-state index contributed by atoms with van der Waals surface area (Å²) in [5.74, 6) is -2.38. The second-order valence-corrected chi connectivity index (χ2v) is 13.3. The van der Waals surface area contributed by atoms with Crippen LogP contribution in [0.15, 0.2) is 67.3 Å². The van der Waals surface area contributed by atoms with E-state index in [4.69, 9.17) is 14.5 Å². The Morgan fingerprint density at radius 3 is 2.62 bits per heavy atom. The fraction of sp³-hybridized carbons (Fsp3) is 0.432. The molecular formula is C37H42N4O7. The zero-order valence-electron chi connectivity index (χ0n) is 27.3. The standard InChI is InChI=1S/C37H42N4O7/c1-4-25-20-37(25,35(44)45)40-33(42)30-18-26-21-41(30)34(43)32(22(2)3)39-36(46)47-16-10-6-7-11-23-14-15-28-27(17-23)31(48-26)19-29(38-28)24-12-8-5-9-13-24/h4-5,8-9,12-15,17,19,22,25-26,30,32H,1,6-7,10-11,16,18,20-21H2,2-3H3,(H,39,46)(H,40,42)(H,44,45)/t25-,26+,30-,32-,37+/m0/s1. The van der Waals surface area contributed by atoms with Crippen LogP contribution in [0.25, 0.3) is 22.2 Å². The first-order valence-corrected chi connectivity index (χ1v) is 16.7. The van der Waals surface area contributed by atoms with E-state index in [1.165, 1.54) is 11.0 Å². The molecule has 0 unspecified atom stereocenters. The molecule has 1 saturated heterocycles. The van der Waals surface area contributed by atoms with Gasteiger partial charge in [-0.25, -0.2) is 14.6 Å². The second kappa shape index (κ2) is 13.7. The fourth-order valence-corrected chi connectivity index (χ4v) is 6.76. The lowest BCUT2D eigenvalue weighted by molar-refractivity contribution is -0.145. The smallest absolute Gasteiger partial charge is 0.407 e. The van der Waals surface area contributed by atoms with Gasteiger partial charge in [0.1, 0.15) is 29.5 Å². The summed E-state index contributed by atoms with van der Waals surface area (Å²) in [6, 6.07) is 15.8. The summed E-state index contributed by atoms with van der Waals surface area (Å²) in [5, 5.41) is 16.2. The fourth-order valence-electron chi connectivity index (χ4n) is 6.76. The minimum absolute atomic E-state index is 0.0476. The number of carboxylic acids is 1. The minimum Gasteiger partial charge on any atom is -0.488 e. The van der Waals surface area contributed by atoms with Crippen molar-refractivity contribution in [2.75, 3.05) is 13.2 Å². The number of carboxylic acid groups (broad SMARTS) is 1. The monoisotopic (exact) mass is 654 g/mol. The van der Waals surface area contributed by atoms with Crippen molar-refractivity contribution in [3.63, 3.8) is 0 Å².